The molecule has 0 atom stereocenters. The summed E-state index contributed by atoms with van der Waals surface area (Å²) in [4.78, 5) is 23.5. The van der Waals surface area contributed by atoms with Crippen molar-refractivity contribution in [1.82, 2.24) is 0 Å². The first-order chi connectivity index (χ1) is 10.9. The van der Waals surface area contributed by atoms with Gasteiger partial charge in [-0.3, -0.25) is 9.59 Å². The van der Waals surface area contributed by atoms with E-state index in [2.05, 4.69) is 26.6 Å². The normalized spacial score (nSPS) is 10.1. The van der Waals surface area contributed by atoms with Crippen LogP contribution in [0.3, 0.4) is 0 Å². The van der Waals surface area contributed by atoms with Crippen LogP contribution in [0.2, 0.25) is 0 Å². The molecule has 0 spiro atoms. The number of ether oxygens (including phenoxy) is 1. The predicted molar refractivity (Wildman–Crippen MR) is 94.1 cm³/mol. The molecule has 0 unspecified atom stereocenters. The zero-order valence-electron chi connectivity index (χ0n) is 13.1. The van der Waals surface area contributed by atoms with E-state index in [1.54, 1.807) is 30.3 Å². The number of amides is 2. The van der Waals surface area contributed by atoms with Crippen LogP contribution in [0.5, 0.6) is 5.75 Å². The highest BCUT2D eigenvalue weighted by Crippen LogP contribution is 2.28. The second-order valence-corrected chi connectivity index (χ2v) is 5.93. The molecule has 23 heavy (non-hydrogen) atoms. The summed E-state index contributed by atoms with van der Waals surface area (Å²) >= 11 is 3.39. The molecule has 2 aromatic carbocycles. The van der Waals surface area contributed by atoms with Crippen LogP contribution in [0.25, 0.3) is 0 Å². The molecule has 0 bridgehead atoms. The summed E-state index contributed by atoms with van der Waals surface area (Å²) in [5, 5.41) is 5.49. The van der Waals surface area contributed by atoms with Crippen LogP contribution < -0.4 is 15.4 Å². The molecule has 2 rings (SSSR count). The van der Waals surface area contributed by atoms with Crippen LogP contribution in [-0.2, 0) is 4.79 Å². The van der Waals surface area contributed by atoms with Crippen molar-refractivity contribution in [3.05, 3.63) is 52.0 Å². The van der Waals surface area contributed by atoms with E-state index in [4.69, 9.17) is 4.74 Å². The van der Waals surface area contributed by atoms with Gasteiger partial charge in [-0.15, -0.1) is 0 Å². The first-order valence-electron chi connectivity index (χ1n) is 6.94. The summed E-state index contributed by atoms with van der Waals surface area (Å²) in [5.41, 5.74) is 2.62. The summed E-state index contributed by atoms with van der Waals surface area (Å²) < 4.78 is 6.13. The van der Waals surface area contributed by atoms with Gasteiger partial charge in [-0.05, 0) is 48.9 Å². The fourth-order valence-corrected chi connectivity index (χ4v) is 2.78. The van der Waals surface area contributed by atoms with Crippen molar-refractivity contribution >= 4 is 39.1 Å². The van der Waals surface area contributed by atoms with Crippen LogP contribution in [0.15, 0.2) is 40.9 Å². The topological polar surface area (TPSA) is 67.4 Å². The molecule has 6 heteroatoms. The maximum absolute atomic E-state index is 12.5. The molecule has 0 saturated heterocycles. The first-order valence-corrected chi connectivity index (χ1v) is 7.73. The monoisotopic (exact) mass is 376 g/mol. The Hall–Kier alpha value is -2.34. The Bertz CT molecular complexity index is 742. The van der Waals surface area contributed by atoms with E-state index in [1.807, 2.05) is 13.0 Å². The molecule has 5 nitrogen and oxygen atoms in total. The fraction of sp³-hybridized carbons (Fsp3) is 0.176. The summed E-state index contributed by atoms with van der Waals surface area (Å²) in [6.07, 6.45) is 0. The molecule has 0 aliphatic heterocycles. The molecule has 0 fully saturated rings. The third kappa shape index (κ3) is 4.32. The van der Waals surface area contributed by atoms with Gasteiger partial charge >= 0.3 is 0 Å². The Morgan fingerprint density at radius 2 is 1.61 bits per heavy atom. The highest BCUT2D eigenvalue weighted by atomic mass is 79.9. The number of halogens is 1. The second kappa shape index (κ2) is 7.28. The Labute approximate surface area is 143 Å². The van der Waals surface area contributed by atoms with Crippen molar-refractivity contribution < 1.29 is 14.3 Å². The second-order valence-electron chi connectivity index (χ2n) is 5.02. The molecule has 0 radical (unpaired) electrons. The van der Waals surface area contributed by atoms with Crippen molar-refractivity contribution in [3.63, 3.8) is 0 Å². The third-order valence-electron chi connectivity index (χ3n) is 3.15. The summed E-state index contributed by atoms with van der Waals surface area (Å²) in [6, 6.07) is 10.5. The number of benzene rings is 2. The highest BCUT2D eigenvalue weighted by molar-refractivity contribution is 9.10. The molecule has 0 aromatic heterocycles. The van der Waals surface area contributed by atoms with E-state index >= 15 is 0 Å². The van der Waals surface area contributed by atoms with Crippen molar-refractivity contribution in [2.75, 3.05) is 17.7 Å². The number of rotatable bonds is 4. The smallest absolute Gasteiger partial charge is 0.259 e. The van der Waals surface area contributed by atoms with E-state index in [1.165, 1.54) is 14.0 Å². The number of aryl methyl sites for hydroxylation is 1. The lowest BCUT2D eigenvalue weighted by Gasteiger charge is -2.13. The van der Waals surface area contributed by atoms with Gasteiger partial charge in [0.1, 0.15) is 5.75 Å². The maximum atomic E-state index is 12.5. The minimum atomic E-state index is -0.265. The fourth-order valence-electron chi connectivity index (χ4n) is 2.21. The first kappa shape index (κ1) is 17.0. The quantitative estimate of drug-likeness (QED) is 0.847. The highest BCUT2D eigenvalue weighted by Gasteiger charge is 2.15. The van der Waals surface area contributed by atoms with Gasteiger partial charge in [-0.1, -0.05) is 15.9 Å². The van der Waals surface area contributed by atoms with Crippen LogP contribution in [-0.4, -0.2) is 18.9 Å². The minimum absolute atomic E-state index is 0.142. The van der Waals surface area contributed by atoms with Gasteiger partial charge in [-0.25, -0.2) is 0 Å². The van der Waals surface area contributed by atoms with E-state index in [9.17, 15) is 9.59 Å². The Balaban J connectivity index is 2.21. The van der Waals surface area contributed by atoms with Gasteiger partial charge in [0.15, 0.2) is 0 Å². The van der Waals surface area contributed by atoms with Gasteiger partial charge in [0.2, 0.25) is 5.91 Å². The zero-order chi connectivity index (χ0) is 17.0. The van der Waals surface area contributed by atoms with Gasteiger partial charge in [0.25, 0.3) is 5.91 Å². The predicted octanol–water partition coefficient (Wildman–Crippen LogP) is 3.98. The number of carbonyl (C=O) groups is 2. The van der Waals surface area contributed by atoms with Gasteiger partial charge in [0, 0.05) is 22.8 Å². The van der Waals surface area contributed by atoms with Crippen molar-refractivity contribution in [2.24, 2.45) is 0 Å². The van der Waals surface area contributed by atoms with Crippen molar-refractivity contribution in [3.8, 4) is 5.75 Å². The van der Waals surface area contributed by atoms with Gasteiger partial charge in [-0.2, -0.15) is 0 Å². The number of carbonyl (C=O) groups excluding carboxylic acids is 2. The number of anilines is 2. The third-order valence-corrected chi connectivity index (χ3v) is 3.61. The lowest BCUT2D eigenvalue weighted by Crippen LogP contribution is -2.14. The molecule has 0 heterocycles. The zero-order valence-corrected chi connectivity index (χ0v) is 14.7. The Morgan fingerprint density at radius 1 is 1.04 bits per heavy atom. The lowest BCUT2D eigenvalue weighted by atomic mass is 10.1. The molecule has 2 amide bonds. The van der Waals surface area contributed by atoms with E-state index in [0.717, 1.165) is 10.0 Å². The van der Waals surface area contributed by atoms with Crippen LogP contribution >= 0.6 is 15.9 Å². The Kier molecular flexibility index (Phi) is 5.39. The van der Waals surface area contributed by atoms with E-state index in [0.29, 0.717) is 22.7 Å². The largest absolute Gasteiger partial charge is 0.496 e. The van der Waals surface area contributed by atoms with E-state index in [-0.39, 0.29) is 11.8 Å². The Morgan fingerprint density at radius 3 is 2.13 bits per heavy atom. The SMILES string of the molecule is COc1c(C)cc(Br)cc1C(=O)Nc1ccc(NC(C)=O)cc1. The molecular weight excluding hydrogens is 360 g/mol. The molecule has 2 aromatic rings. The minimum Gasteiger partial charge on any atom is -0.496 e. The molecule has 0 aliphatic rings. The van der Waals surface area contributed by atoms with Crippen molar-refractivity contribution in [1.29, 1.82) is 0 Å². The van der Waals surface area contributed by atoms with Gasteiger partial charge < -0.3 is 15.4 Å². The lowest BCUT2D eigenvalue weighted by molar-refractivity contribution is -0.114. The molecule has 2 N–H and O–H groups in total. The standard InChI is InChI=1S/C17H17BrN2O3/c1-10-8-12(18)9-15(16(10)23-3)17(22)20-14-6-4-13(5-7-14)19-11(2)21/h4-9H,1-3H3,(H,19,21)(H,20,22). The van der Waals surface area contributed by atoms with Crippen molar-refractivity contribution in [2.45, 2.75) is 13.8 Å². The average Bonchev–Trinajstić information content (AvgIpc) is 2.48. The molecule has 0 saturated carbocycles. The summed E-state index contributed by atoms with van der Waals surface area (Å²) in [7, 11) is 1.54. The summed E-state index contributed by atoms with van der Waals surface area (Å²) in [6.45, 7) is 3.32. The number of methoxy groups -OCH3 is 1. The maximum Gasteiger partial charge on any atom is 0.259 e. The van der Waals surface area contributed by atoms with Crippen LogP contribution in [0.4, 0.5) is 11.4 Å². The average molecular weight is 377 g/mol. The molecule has 120 valence electrons. The number of hydrogen-bond acceptors (Lipinski definition) is 3. The van der Waals surface area contributed by atoms with Gasteiger partial charge in [0.05, 0.1) is 12.7 Å². The van der Waals surface area contributed by atoms with Crippen LogP contribution in [0, 0.1) is 6.92 Å². The molecule has 0 aliphatic carbocycles. The summed E-state index contributed by atoms with van der Waals surface area (Å²) in [5.74, 6) is 0.134. The van der Waals surface area contributed by atoms with Crippen LogP contribution in [0.1, 0.15) is 22.8 Å². The van der Waals surface area contributed by atoms with E-state index < -0.39 is 0 Å². The number of nitrogens with one attached hydrogen (secondary N) is 2. The molecular formula is C17H17BrN2O3. The number of hydrogen-bond donors (Lipinski definition) is 2.